The first kappa shape index (κ1) is 32.1. The van der Waals surface area contributed by atoms with Crippen LogP contribution in [-0.2, 0) is 28.0 Å². The second-order valence-corrected chi connectivity index (χ2v) is 19.9. The van der Waals surface area contributed by atoms with E-state index in [2.05, 4.69) is 60.0 Å². The molecule has 0 aromatic rings. The maximum Gasteiger partial charge on any atom is 0.475 e. The van der Waals surface area contributed by atoms with Gasteiger partial charge in [0.2, 0.25) is 0 Å². The van der Waals surface area contributed by atoms with Crippen LogP contribution in [0.3, 0.4) is 0 Å². The maximum absolute atomic E-state index is 12.9. The molecule has 4 fully saturated rings. The Balaban J connectivity index is 1.73. The molecule has 6 atom stereocenters. The zero-order chi connectivity index (χ0) is 28.7. The number of hydrogen-bond acceptors (Lipinski definition) is 7. The Morgan fingerprint density at radius 3 is 2.32 bits per heavy atom. The van der Waals surface area contributed by atoms with Crippen LogP contribution in [0.4, 0.5) is 0 Å². The summed E-state index contributed by atoms with van der Waals surface area (Å²) in [6.45, 7) is 27.0. The lowest BCUT2D eigenvalue weighted by atomic mass is 9.43. The fourth-order valence-electron chi connectivity index (χ4n) is 6.40. The number of ether oxygens (including phenoxy) is 2. The van der Waals surface area contributed by atoms with Crippen LogP contribution in [0, 0.1) is 17.3 Å². The molecule has 2 bridgehead atoms. The number of hydrogen-bond donors (Lipinski definition) is 1. The van der Waals surface area contributed by atoms with E-state index in [4.69, 9.17) is 23.2 Å². The van der Waals surface area contributed by atoms with Gasteiger partial charge in [0.15, 0.2) is 8.32 Å². The summed E-state index contributed by atoms with van der Waals surface area (Å²) < 4.78 is 31.6. The van der Waals surface area contributed by atoms with Crippen molar-refractivity contribution in [3.63, 3.8) is 0 Å². The minimum Gasteiger partial charge on any atom is -0.460 e. The highest BCUT2D eigenvalue weighted by molar-refractivity contribution is 6.74. The van der Waals surface area contributed by atoms with E-state index in [0.717, 1.165) is 12.8 Å². The quantitative estimate of drug-likeness (QED) is 0.135. The van der Waals surface area contributed by atoms with Crippen molar-refractivity contribution < 1.29 is 28.0 Å². The summed E-state index contributed by atoms with van der Waals surface area (Å²) in [6.07, 6.45) is 3.88. The first-order chi connectivity index (χ1) is 17.3. The Bertz CT molecular complexity index is 825. The van der Waals surface area contributed by atoms with Gasteiger partial charge in [-0.1, -0.05) is 34.6 Å². The average molecular weight is 554 g/mol. The molecule has 1 N–H and O–H groups in total. The van der Waals surface area contributed by atoms with Crippen molar-refractivity contribution in [2.45, 2.75) is 149 Å². The fourth-order valence-corrected chi connectivity index (χ4v) is 7.79. The van der Waals surface area contributed by atoms with Gasteiger partial charge in [-0.25, -0.2) is 0 Å². The zero-order valence-electron chi connectivity index (χ0n) is 26.4. The molecule has 0 spiro atoms. The van der Waals surface area contributed by atoms with Crippen molar-refractivity contribution >= 4 is 21.4 Å². The molecule has 4 rings (SSSR count). The normalized spacial score (nSPS) is 30.4. The molecule has 0 aromatic heterocycles. The van der Waals surface area contributed by atoms with Gasteiger partial charge >= 0.3 is 13.1 Å². The van der Waals surface area contributed by atoms with Crippen molar-refractivity contribution in [1.29, 1.82) is 0 Å². The van der Waals surface area contributed by atoms with E-state index < -0.39 is 13.9 Å². The minimum atomic E-state index is -2.10. The summed E-state index contributed by atoms with van der Waals surface area (Å²) in [7, 11) is -2.45. The topological polar surface area (TPSA) is 75.3 Å². The highest BCUT2D eigenvalue weighted by atomic mass is 28.4. The zero-order valence-corrected chi connectivity index (χ0v) is 27.4. The van der Waals surface area contributed by atoms with E-state index in [0.29, 0.717) is 37.0 Å². The van der Waals surface area contributed by atoms with E-state index in [1.807, 2.05) is 27.7 Å². The first-order valence-electron chi connectivity index (χ1n) is 14.8. The van der Waals surface area contributed by atoms with Crippen molar-refractivity contribution in [3.05, 3.63) is 0 Å². The summed E-state index contributed by atoms with van der Waals surface area (Å²) in [4.78, 5) is 12.9. The number of carbonyl (C=O) groups excluding carboxylic acids is 1. The Morgan fingerprint density at radius 2 is 1.76 bits per heavy atom. The van der Waals surface area contributed by atoms with Crippen LogP contribution >= 0.6 is 0 Å². The highest BCUT2D eigenvalue weighted by Gasteiger charge is 2.68. The van der Waals surface area contributed by atoms with Gasteiger partial charge < -0.3 is 23.2 Å². The van der Waals surface area contributed by atoms with Crippen LogP contribution < -0.4 is 5.32 Å². The molecule has 1 aliphatic heterocycles. The summed E-state index contributed by atoms with van der Waals surface area (Å²) >= 11 is 0. The smallest absolute Gasteiger partial charge is 0.460 e. The maximum atomic E-state index is 12.9. The van der Waals surface area contributed by atoms with Crippen LogP contribution in [0.15, 0.2) is 0 Å². The van der Waals surface area contributed by atoms with Gasteiger partial charge in [0.25, 0.3) is 0 Å². The molecule has 0 unspecified atom stereocenters. The minimum absolute atomic E-state index is 0.0430. The molecule has 0 aromatic carbocycles. The lowest BCUT2D eigenvalue weighted by Crippen LogP contribution is -2.65. The van der Waals surface area contributed by atoms with Crippen LogP contribution in [-0.4, -0.2) is 64.1 Å². The first-order valence-corrected chi connectivity index (χ1v) is 17.7. The van der Waals surface area contributed by atoms with Crippen LogP contribution in [0.2, 0.25) is 18.1 Å². The molecular formula is C29H56BNO6Si. The molecule has 1 saturated heterocycles. The Labute approximate surface area is 234 Å². The van der Waals surface area contributed by atoms with Gasteiger partial charge in [-0.05, 0) is 95.7 Å². The second kappa shape index (κ2) is 11.4. The Hall–Kier alpha value is -0.448. The third-order valence-corrected chi connectivity index (χ3v) is 14.4. The summed E-state index contributed by atoms with van der Waals surface area (Å²) in [5.74, 6) is 0.944. The predicted molar refractivity (Wildman–Crippen MR) is 155 cm³/mol. The number of nitrogens with one attached hydrogen (secondary N) is 1. The van der Waals surface area contributed by atoms with Crippen LogP contribution in [0.25, 0.3) is 0 Å². The number of carbonyl (C=O) groups is 1. The Morgan fingerprint density at radius 1 is 1.11 bits per heavy atom. The predicted octanol–water partition coefficient (Wildman–Crippen LogP) is 6.11. The summed E-state index contributed by atoms with van der Waals surface area (Å²) in [5.41, 5.74) is -0.485. The third-order valence-electron chi connectivity index (χ3n) is 9.83. The molecule has 7 nitrogen and oxygen atoms in total. The second-order valence-electron chi connectivity index (χ2n) is 15.2. The SMILES string of the molecule is CCOCN[C@H](CC[C@@H](CC(=O)OC(C)(C)C)O[Si](C)(C)C(C)(C)C)B1O[C@@H]2C[C@@H]3C[C@@H](C3(C)C)[C@]2(C)O1. The molecule has 3 aliphatic carbocycles. The molecule has 0 amide bonds. The van der Waals surface area contributed by atoms with Gasteiger partial charge in [0.1, 0.15) is 5.60 Å². The van der Waals surface area contributed by atoms with Crippen molar-refractivity contribution in [3.8, 4) is 0 Å². The van der Waals surface area contributed by atoms with E-state index in [1.54, 1.807) is 0 Å². The molecule has 220 valence electrons. The van der Waals surface area contributed by atoms with E-state index in [9.17, 15) is 4.79 Å². The number of esters is 1. The molecular weight excluding hydrogens is 497 g/mol. The number of rotatable bonds is 12. The monoisotopic (exact) mass is 553 g/mol. The molecule has 1 heterocycles. The summed E-state index contributed by atoms with van der Waals surface area (Å²) in [5, 5.41) is 3.59. The van der Waals surface area contributed by atoms with Crippen LogP contribution in [0.1, 0.15) is 101 Å². The fraction of sp³-hybridized carbons (Fsp3) is 0.966. The van der Waals surface area contributed by atoms with Crippen LogP contribution in [0.5, 0.6) is 0 Å². The van der Waals surface area contributed by atoms with E-state index in [-0.39, 0.29) is 48.3 Å². The van der Waals surface area contributed by atoms with E-state index in [1.165, 1.54) is 6.42 Å². The van der Waals surface area contributed by atoms with Gasteiger partial charge in [0.05, 0.1) is 31.0 Å². The third kappa shape index (κ3) is 7.06. The lowest BCUT2D eigenvalue weighted by Gasteiger charge is -2.64. The largest absolute Gasteiger partial charge is 0.475 e. The van der Waals surface area contributed by atoms with Gasteiger partial charge in [0, 0.05) is 12.5 Å². The van der Waals surface area contributed by atoms with Gasteiger partial charge in [-0.15, -0.1) is 0 Å². The van der Waals surface area contributed by atoms with Crippen molar-refractivity contribution in [1.82, 2.24) is 5.32 Å². The molecule has 4 aliphatic rings. The Kier molecular flexibility index (Phi) is 9.65. The van der Waals surface area contributed by atoms with Gasteiger partial charge in [-0.3, -0.25) is 10.1 Å². The standard InChI is InChI=1S/C29H56BNO6Si/c1-13-33-19-31-24(30-35-23-17-20-16-22(28(20,8)9)29(23,10)37-30)15-14-21(18-25(32)34-26(2,3)4)36-38(11,12)27(5,6)7/h20-24,31H,13-19H2,1-12H3/t20-,21-,22-,23+,24+,29-/m0/s1. The van der Waals surface area contributed by atoms with E-state index >= 15 is 0 Å². The lowest BCUT2D eigenvalue weighted by molar-refractivity contribution is -0.199. The van der Waals surface area contributed by atoms with Crippen molar-refractivity contribution in [2.75, 3.05) is 13.3 Å². The molecule has 38 heavy (non-hydrogen) atoms. The summed E-state index contributed by atoms with van der Waals surface area (Å²) in [6, 6.07) is 0. The van der Waals surface area contributed by atoms with Gasteiger partial charge in [-0.2, -0.15) is 0 Å². The average Bonchev–Trinajstić information content (AvgIpc) is 3.10. The highest BCUT2D eigenvalue weighted by Crippen LogP contribution is 2.65. The molecule has 9 heteroatoms. The molecule has 0 radical (unpaired) electrons. The molecule has 3 saturated carbocycles. The van der Waals surface area contributed by atoms with Crippen molar-refractivity contribution in [2.24, 2.45) is 17.3 Å².